The minimum Gasteiger partial charge on any atom is -0.123 e. The quantitative estimate of drug-likeness (QED) is 0.654. The molecule has 82 valence electrons. The average Bonchev–Trinajstić information content (AvgIpc) is 2.22. The van der Waals surface area contributed by atoms with Crippen LogP contribution in [0.5, 0.6) is 0 Å². The van der Waals surface area contributed by atoms with Crippen molar-refractivity contribution in [3.8, 4) is 0 Å². The Morgan fingerprint density at radius 3 is 2.80 bits per heavy atom. The third-order valence-corrected chi connectivity index (χ3v) is 3.97. The Hall–Kier alpha value is -0.490. The predicted molar refractivity (Wildman–Crippen MR) is 66.5 cm³/mol. The molecule has 1 aromatic rings. The van der Waals surface area contributed by atoms with E-state index >= 15 is 0 Å². The number of aryl methyl sites for hydroxylation is 1. The average molecular weight is 223 g/mol. The van der Waals surface area contributed by atoms with Crippen LogP contribution in [0.15, 0.2) is 24.3 Å². The van der Waals surface area contributed by atoms with Crippen molar-refractivity contribution >= 4 is 11.6 Å². The second-order valence-electron chi connectivity index (χ2n) is 4.75. The SMILES string of the molecule is Cc1cccc(CC2CCCCC2Cl)c1. The first-order valence-electron chi connectivity index (χ1n) is 5.95. The lowest BCUT2D eigenvalue weighted by Gasteiger charge is -2.27. The van der Waals surface area contributed by atoms with Crippen molar-refractivity contribution in [3.05, 3.63) is 35.4 Å². The molecule has 1 aromatic carbocycles. The van der Waals surface area contributed by atoms with Crippen LogP contribution in [-0.4, -0.2) is 5.38 Å². The maximum Gasteiger partial charge on any atom is 0.0367 e. The number of benzene rings is 1. The highest BCUT2D eigenvalue weighted by molar-refractivity contribution is 6.20. The molecule has 2 unspecified atom stereocenters. The zero-order valence-electron chi connectivity index (χ0n) is 9.38. The van der Waals surface area contributed by atoms with Crippen molar-refractivity contribution in [3.63, 3.8) is 0 Å². The number of hydrogen-bond acceptors (Lipinski definition) is 0. The Kier molecular flexibility index (Phi) is 3.69. The molecule has 1 fully saturated rings. The second-order valence-corrected chi connectivity index (χ2v) is 5.31. The summed E-state index contributed by atoms with van der Waals surface area (Å²) < 4.78 is 0. The van der Waals surface area contributed by atoms with Crippen molar-refractivity contribution in [2.24, 2.45) is 5.92 Å². The predicted octanol–water partition coefficient (Wildman–Crippen LogP) is 4.34. The van der Waals surface area contributed by atoms with Crippen molar-refractivity contribution in [2.45, 2.75) is 44.4 Å². The summed E-state index contributed by atoms with van der Waals surface area (Å²) in [5.41, 5.74) is 2.81. The molecule has 0 nitrogen and oxygen atoms in total. The molecule has 1 saturated carbocycles. The molecule has 1 aliphatic carbocycles. The van der Waals surface area contributed by atoms with E-state index in [-0.39, 0.29) is 0 Å². The minimum atomic E-state index is 0.402. The normalized spacial score (nSPS) is 26.5. The summed E-state index contributed by atoms with van der Waals surface area (Å²) >= 11 is 6.37. The highest BCUT2D eigenvalue weighted by Crippen LogP contribution is 2.31. The van der Waals surface area contributed by atoms with E-state index in [1.807, 2.05) is 0 Å². The van der Waals surface area contributed by atoms with E-state index in [9.17, 15) is 0 Å². The molecule has 2 atom stereocenters. The van der Waals surface area contributed by atoms with Crippen LogP contribution in [0.2, 0.25) is 0 Å². The monoisotopic (exact) mass is 222 g/mol. The Balaban J connectivity index is 2.01. The van der Waals surface area contributed by atoms with Gasteiger partial charge in [-0.25, -0.2) is 0 Å². The van der Waals surface area contributed by atoms with Crippen molar-refractivity contribution in [2.75, 3.05) is 0 Å². The molecule has 0 saturated heterocycles. The van der Waals surface area contributed by atoms with E-state index in [0.717, 1.165) is 6.42 Å². The number of hydrogen-bond donors (Lipinski definition) is 0. The maximum absolute atomic E-state index is 6.37. The Bertz CT molecular complexity index is 319. The molecule has 0 amide bonds. The van der Waals surface area contributed by atoms with E-state index in [0.29, 0.717) is 11.3 Å². The van der Waals surface area contributed by atoms with Gasteiger partial charge in [-0.15, -0.1) is 11.6 Å². The van der Waals surface area contributed by atoms with Crippen LogP contribution < -0.4 is 0 Å². The molecular formula is C14H19Cl. The fourth-order valence-electron chi connectivity index (χ4n) is 2.53. The summed E-state index contributed by atoms with van der Waals surface area (Å²) in [7, 11) is 0. The third-order valence-electron chi connectivity index (χ3n) is 3.40. The topological polar surface area (TPSA) is 0 Å². The van der Waals surface area contributed by atoms with Gasteiger partial charge in [0, 0.05) is 5.38 Å². The van der Waals surface area contributed by atoms with Gasteiger partial charge in [0.2, 0.25) is 0 Å². The Morgan fingerprint density at radius 2 is 2.07 bits per heavy atom. The van der Waals surface area contributed by atoms with E-state index in [1.165, 1.54) is 36.8 Å². The fourth-order valence-corrected chi connectivity index (χ4v) is 2.90. The van der Waals surface area contributed by atoms with Crippen LogP contribution in [-0.2, 0) is 6.42 Å². The van der Waals surface area contributed by atoms with Gasteiger partial charge >= 0.3 is 0 Å². The molecule has 2 rings (SSSR count). The highest BCUT2D eigenvalue weighted by atomic mass is 35.5. The highest BCUT2D eigenvalue weighted by Gasteiger charge is 2.22. The van der Waals surface area contributed by atoms with Gasteiger partial charge in [0.05, 0.1) is 0 Å². The van der Waals surface area contributed by atoms with Gasteiger partial charge in [0.1, 0.15) is 0 Å². The molecule has 0 radical (unpaired) electrons. The summed E-state index contributed by atoms with van der Waals surface area (Å²) in [6.45, 7) is 2.16. The summed E-state index contributed by atoms with van der Waals surface area (Å²) in [5, 5.41) is 0.402. The molecule has 0 spiro atoms. The number of rotatable bonds is 2. The summed E-state index contributed by atoms with van der Waals surface area (Å²) in [6, 6.07) is 8.82. The van der Waals surface area contributed by atoms with Crippen molar-refractivity contribution < 1.29 is 0 Å². The van der Waals surface area contributed by atoms with Gasteiger partial charge in [0.15, 0.2) is 0 Å². The van der Waals surface area contributed by atoms with E-state index in [2.05, 4.69) is 31.2 Å². The van der Waals surface area contributed by atoms with Crippen LogP contribution >= 0.6 is 11.6 Å². The van der Waals surface area contributed by atoms with Crippen LogP contribution in [0.1, 0.15) is 36.8 Å². The lowest BCUT2D eigenvalue weighted by Crippen LogP contribution is -2.21. The fraction of sp³-hybridized carbons (Fsp3) is 0.571. The van der Waals surface area contributed by atoms with Gasteiger partial charge in [-0.3, -0.25) is 0 Å². The molecule has 0 bridgehead atoms. The first-order chi connectivity index (χ1) is 7.25. The Labute approximate surface area is 97.6 Å². The lowest BCUT2D eigenvalue weighted by molar-refractivity contribution is 0.364. The van der Waals surface area contributed by atoms with Gasteiger partial charge in [-0.2, -0.15) is 0 Å². The maximum atomic E-state index is 6.37. The first-order valence-corrected chi connectivity index (χ1v) is 6.39. The summed E-state index contributed by atoms with van der Waals surface area (Å²) in [5.74, 6) is 0.696. The summed E-state index contributed by atoms with van der Waals surface area (Å²) in [4.78, 5) is 0. The van der Waals surface area contributed by atoms with E-state index < -0.39 is 0 Å². The molecule has 0 aromatic heterocycles. The third kappa shape index (κ3) is 2.98. The van der Waals surface area contributed by atoms with Crippen LogP contribution in [0.3, 0.4) is 0 Å². The standard InChI is InChI=1S/C14H19Cl/c1-11-5-4-6-12(9-11)10-13-7-2-3-8-14(13)15/h4-6,9,13-14H,2-3,7-8,10H2,1H3. The lowest BCUT2D eigenvalue weighted by atomic mass is 9.84. The number of halogens is 1. The van der Waals surface area contributed by atoms with Gasteiger partial charge in [-0.1, -0.05) is 42.7 Å². The Morgan fingerprint density at radius 1 is 1.27 bits per heavy atom. The molecule has 0 heterocycles. The first kappa shape index (κ1) is 11.0. The summed E-state index contributed by atoms with van der Waals surface area (Å²) in [6.07, 6.45) is 6.36. The van der Waals surface area contributed by atoms with Crippen molar-refractivity contribution in [1.82, 2.24) is 0 Å². The minimum absolute atomic E-state index is 0.402. The van der Waals surface area contributed by atoms with E-state index in [4.69, 9.17) is 11.6 Å². The van der Waals surface area contributed by atoms with Crippen molar-refractivity contribution in [1.29, 1.82) is 0 Å². The molecular weight excluding hydrogens is 204 g/mol. The second kappa shape index (κ2) is 5.03. The zero-order chi connectivity index (χ0) is 10.7. The number of alkyl halides is 1. The smallest absolute Gasteiger partial charge is 0.0367 e. The van der Waals surface area contributed by atoms with Gasteiger partial charge < -0.3 is 0 Å². The molecule has 0 N–H and O–H groups in total. The zero-order valence-corrected chi connectivity index (χ0v) is 10.1. The van der Waals surface area contributed by atoms with Gasteiger partial charge in [-0.05, 0) is 37.7 Å². The molecule has 15 heavy (non-hydrogen) atoms. The van der Waals surface area contributed by atoms with Crippen LogP contribution in [0, 0.1) is 12.8 Å². The largest absolute Gasteiger partial charge is 0.123 e. The van der Waals surface area contributed by atoms with Crippen LogP contribution in [0.4, 0.5) is 0 Å². The van der Waals surface area contributed by atoms with Crippen LogP contribution in [0.25, 0.3) is 0 Å². The molecule has 1 aliphatic rings. The molecule has 0 aliphatic heterocycles. The van der Waals surface area contributed by atoms with E-state index in [1.54, 1.807) is 0 Å². The molecule has 1 heteroatoms. The van der Waals surface area contributed by atoms with Gasteiger partial charge in [0.25, 0.3) is 0 Å².